The van der Waals surface area contributed by atoms with Crippen molar-refractivity contribution in [3.05, 3.63) is 0 Å². The van der Waals surface area contributed by atoms with Gasteiger partial charge in [-0.3, -0.25) is 4.90 Å². The number of nitrogens with one attached hydrogen (secondary N) is 1. The Balaban J connectivity index is 1.81. The Morgan fingerprint density at radius 1 is 1.29 bits per heavy atom. The largest absolute Gasteiger partial charge is 0.378 e. The first-order valence-corrected chi connectivity index (χ1v) is 5.70. The molecule has 14 heavy (non-hydrogen) atoms. The van der Waals surface area contributed by atoms with Crippen LogP contribution in [0.2, 0.25) is 0 Å². The Morgan fingerprint density at radius 3 is 2.57 bits per heavy atom. The molecule has 2 fully saturated rings. The minimum absolute atomic E-state index is 0.406. The summed E-state index contributed by atoms with van der Waals surface area (Å²) < 4.78 is 5.47. The third kappa shape index (κ3) is 1.81. The normalized spacial score (nSPS) is 35.1. The fourth-order valence-corrected chi connectivity index (χ4v) is 2.49. The SMILES string of the molecule is CO[C@H]1CNCC1N1CC(C(C)C)C1. The smallest absolute Gasteiger partial charge is 0.0862 e. The van der Waals surface area contributed by atoms with E-state index in [9.17, 15) is 0 Å². The summed E-state index contributed by atoms with van der Waals surface area (Å²) in [5, 5.41) is 3.40. The molecule has 0 bridgehead atoms. The van der Waals surface area contributed by atoms with Gasteiger partial charge in [0, 0.05) is 39.3 Å². The van der Waals surface area contributed by atoms with Crippen LogP contribution in [0, 0.1) is 11.8 Å². The second-order valence-electron chi connectivity index (χ2n) is 4.96. The molecule has 2 saturated heterocycles. The van der Waals surface area contributed by atoms with Gasteiger partial charge in [-0.1, -0.05) is 13.8 Å². The minimum Gasteiger partial charge on any atom is -0.378 e. The van der Waals surface area contributed by atoms with Gasteiger partial charge in [0.1, 0.15) is 0 Å². The van der Waals surface area contributed by atoms with Gasteiger partial charge in [-0.05, 0) is 11.8 Å². The van der Waals surface area contributed by atoms with Crippen molar-refractivity contribution in [1.82, 2.24) is 10.2 Å². The minimum atomic E-state index is 0.406. The monoisotopic (exact) mass is 198 g/mol. The van der Waals surface area contributed by atoms with Crippen LogP contribution in [0.3, 0.4) is 0 Å². The van der Waals surface area contributed by atoms with Crippen molar-refractivity contribution in [2.45, 2.75) is 26.0 Å². The molecule has 3 nitrogen and oxygen atoms in total. The summed E-state index contributed by atoms with van der Waals surface area (Å²) in [6.07, 6.45) is 0.406. The number of methoxy groups -OCH3 is 1. The predicted molar refractivity (Wildman–Crippen MR) is 57.4 cm³/mol. The van der Waals surface area contributed by atoms with E-state index in [1.54, 1.807) is 0 Å². The van der Waals surface area contributed by atoms with E-state index in [2.05, 4.69) is 24.1 Å². The topological polar surface area (TPSA) is 24.5 Å². The maximum atomic E-state index is 5.47. The van der Waals surface area contributed by atoms with E-state index in [0.717, 1.165) is 24.9 Å². The van der Waals surface area contributed by atoms with Crippen molar-refractivity contribution < 1.29 is 4.74 Å². The van der Waals surface area contributed by atoms with Crippen LogP contribution in [0.5, 0.6) is 0 Å². The molecule has 0 aliphatic carbocycles. The second kappa shape index (κ2) is 4.17. The van der Waals surface area contributed by atoms with Crippen LogP contribution < -0.4 is 5.32 Å². The van der Waals surface area contributed by atoms with E-state index >= 15 is 0 Å². The van der Waals surface area contributed by atoms with Gasteiger partial charge in [-0.15, -0.1) is 0 Å². The lowest BCUT2D eigenvalue weighted by Crippen LogP contribution is -2.57. The molecule has 82 valence electrons. The Kier molecular flexibility index (Phi) is 3.10. The summed E-state index contributed by atoms with van der Waals surface area (Å²) in [6, 6.07) is 0.620. The zero-order chi connectivity index (χ0) is 10.1. The number of likely N-dealkylation sites (tertiary alicyclic amines) is 1. The van der Waals surface area contributed by atoms with Crippen molar-refractivity contribution >= 4 is 0 Å². The highest BCUT2D eigenvalue weighted by molar-refractivity contribution is 4.95. The average molecular weight is 198 g/mol. The lowest BCUT2D eigenvalue weighted by molar-refractivity contribution is -0.0235. The van der Waals surface area contributed by atoms with Crippen LogP contribution in [0.4, 0.5) is 0 Å². The van der Waals surface area contributed by atoms with Gasteiger partial charge < -0.3 is 10.1 Å². The highest BCUT2D eigenvalue weighted by Crippen LogP contribution is 2.27. The molecule has 0 aromatic rings. The Bertz CT molecular complexity index is 190. The summed E-state index contributed by atoms with van der Waals surface area (Å²) >= 11 is 0. The second-order valence-corrected chi connectivity index (χ2v) is 4.96. The molecule has 2 heterocycles. The molecule has 0 radical (unpaired) electrons. The van der Waals surface area contributed by atoms with E-state index in [1.165, 1.54) is 13.1 Å². The summed E-state index contributed by atoms with van der Waals surface area (Å²) in [6.45, 7) is 9.30. The van der Waals surface area contributed by atoms with Crippen molar-refractivity contribution in [1.29, 1.82) is 0 Å². The molecule has 0 spiro atoms. The third-order valence-electron chi connectivity index (χ3n) is 3.78. The first-order valence-electron chi connectivity index (χ1n) is 5.70. The summed E-state index contributed by atoms with van der Waals surface area (Å²) in [5.41, 5.74) is 0. The molecule has 2 atom stereocenters. The van der Waals surface area contributed by atoms with E-state index in [1.807, 2.05) is 7.11 Å². The van der Waals surface area contributed by atoms with E-state index in [4.69, 9.17) is 4.74 Å². The molecule has 0 amide bonds. The molecule has 1 unspecified atom stereocenters. The quantitative estimate of drug-likeness (QED) is 0.717. The number of rotatable bonds is 3. The molecule has 2 aliphatic rings. The summed E-state index contributed by atoms with van der Waals surface area (Å²) in [5.74, 6) is 1.75. The number of nitrogens with zero attached hydrogens (tertiary/aromatic N) is 1. The first kappa shape index (κ1) is 10.4. The van der Waals surface area contributed by atoms with Crippen LogP contribution in [-0.4, -0.2) is 50.3 Å². The van der Waals surface area contributed by atoms with E-state index < -0.39 is 0 Å². The molecule has 0 aromatic heterocycles. The lowest BCUT2D eigenvalue weighted by atomic mass is 9.87. The molecule has 3 heteroatoms. The number of hydrogen-bond acceptors (Lipinski definition) is 3. The lowest BCUT2D eigenvalue weighted by Gasteiger charge is -2.46. The Morgan fingerprint density at radius 2 is 2.00 bits per heavy atom. The van der Waals surface area contributed by atoms with Gasteiger partial charge in [0.05, 0.1) is 6.10 Å². The molecular formula is C11H22N2O. The molecule has 0 saturated carbocycles. The zero-order valence-corrected chi connectivity index (χ0v) is 9.49. The molecule has 0 aromatic carbocycles. The van der Waals surface area contributed by atoms with E-state index in [-0.39, 0.29) is 0 Å². The first-order chi connectivity index (χ1) is 6.72. The van der Waals surface area contributed by atoms with Gasteiger partial charge >= 0.3 is 0 Å². The standard InChI is InChI=1S/C11H22N2O/c1-8(2)9-6-13(7-9)10-4-12-5-11(10)14-3/h8-12H,4-7H2,1-3H3/t10?,11-/m0/s1. The molecule has 1 N–H and O–H groups in total. The van der Waals surface area contributed by atoms with Gasteiger partial charge in [0.2, 0.25) is 0 Å². The van der Waals surface area contributed by atoms with Crippen LogP contribution in [0.15, 0.2) is 0 Å². The zero-order valence-electron chi connectivity index (χ0n) is 9.49. The van der Waals surface area contributed by atoms with E-state index in [0.29, 0.717) is 12.1 Å². The maximum absolute atomic E-state index is 5.47. The van der Waals surface area contributed by atoms with Crippen molar-refractivity contribution in [3.8, 4) is 0 Å². The highest BCUT2D eigenvalue weighted by atomic mass is 16.5. The molecular weight excluding hydrogens is 176 g/mol. The summed E-state index contributed by atoms with van der Waals surface area (Å²) in [7, 11) is 1.82. The third-order valence-corrected chi connectivity index (χ3v) is 3.78. The predicted octanol–water partition coefficient (Wildman–Crippen LogP) is 0.561. The fourth-order valence-electron chi connectivity index (χ4n) is 2.49. The van der Waals surface area contributed by atoms with Gasteiger partial charge in [-0.2, -0.15) is 0 Å². The average Bonchev–Trinajstić information content (AvgIpc) is 2.48. The summed E-state index contributed by atoms with van der Waals surface area (Å²) in [4.78, 5) is 2.57. The van der Waals surface area contributed by atoms with Crippen LogP contribution in [-0.2, 0) is 4.74 Å². The van der Waals surface area contributed by atoms with Crippen LogP contribution in [0.1, 0.15) is 13.8 Å². The number of ether oxygens (including phenoxy) is 1. The van der Waals surface area contributed by atoms with Gasteiger partial charge in [0.15, 0.2) is 0 Å². The molecule has 2 rings (SSSR count). The van der Waals surface area contributed by atoms with Crippen LogP contribution in [0.25, 0.3) is 0 Å². The maximum Gasteiger partial charge on any atom is 0.0862 e. The highest BCUT2D eigenvalue weighted by Gasteiger charge is 2.39. The molecule has 2 aliphatic heterocycles. The van der Waals surface area contributed by atoms with Gasteiger partial charge in [0.25, 0.3) is 0 Å². The Hall–Kier alpha value is -0.120. The van der Waals surface area contributed by atoms with Crippen molar-refractivity contribution in [2.24, 2.45) is 11.8 Å². The van der Waals surface area contributed by atoms with Crippen LogP contribution >= 0.6 is 0 Å². The fraction of sp³-hybridized carbons (Fsp3) is 1.00. The van der Waals surface area contributed by atoms with Crippen molar-refractivity contribution in [3.63, 3.8) is 0 Å². The van der Waals surface area contributed by atoms with Crippen molar-refractivity contribution in [2.75, 3.05) is 33.3 Å². The Labute approximate surface area is 86.8 Å². The van der Waals surface area contributed by atoms with Gasteiger partial charge in [-0.25, -0.2) is 0 Å². The number of hydrogen-bond donors (Lipinski definition) is 1.